The van der Waals surface area contributed by atoms with Crippen LogP contribution in [-0.4, -0.2) is 12.2 Å². The summed E-state index contributed by atoms with van der Waals surface area (Å²) in [4.78, 5) is 12.2. The van der Waals surface area contributed by atoms with E-state index in [0.29, 0.717) is 17.6 Å². The lowest BCUT2D eigenvalue weighted by Crippen LogP contribution is -2.04. The molecule has 0 unspecified atom stereocenters. The van der Waals surface area contributed by atoms with Crippen LogP contribution in [0.15, 0.2) is 57.7 Å². The fourth-order valence-corrected chi connectivity index (χ4v) is 2.46. The number of aryl methyl sites for hydroxylation is 2. The lowest BCUT2D eigenvalue weighted by atomic mass is 10.1. The Morgan fingerprint density at radius 3 is 2.59 bits per heavy atom. The lowest BCUT2D eigenvalue weighted by Gasteiger charge is -2.08. The number of aromatic hydroxyl groups is 1. The first-order valence-corrected chi connectivity index (χ1v) is 7.05. The highest BCUT2D eigenvalue weighted by molar-refractivity contribution is 5.85. The topological polar surface area (TPSA) is 59.7 Å². The number of phenolic OH excluding ortho intramolecular Hbond substituents is 1. The molecule has 0 fully saturated rings. The van der Waals surface area contributed by atoms with Crippen molar-refractivity contribution in [2.75, 3.05) is 7.11 Å². The van der Waals surface area contributed by atoms with Crippen LogP contribution in [0, 0.1) is 0 Å². The van der Waals surface area contributed by atoms with Gasteiger partial charge in [-0.15, -0.1) is 0 Å². The Morgan fingerprint density at radius 2 is 1.86 bits per heavy atom. The number of phenols is 1. The van der Waals surface area contributed by atoms with Gasteiger partial charge in [-0.1, -0.05) is 30.3 Å². The molecule has 0 bridgehead atoms. The maximum atomic E-state index is 12.2. The summed E-state index contributed by atoms with van der Waals surface area (Å²) in [6.45, 7) is 0. The number of fused-ring (bicyclic) bond motifs is 1. The summed E-state index contributed by atoms with van der Waals surface area (Å²) in [6, 6.07) is 14.5. The molecule has 0 aliphatic rings. The van der Waals surface area contributed by atoms with Crippen LogP contribution in [0.3, 0.4) is 0 Å². The zero-order chi connectivity index (χ0) is 15.5. The summed E-state index contributed by atoms with van der Waals surface area (Å²) in [6.07, 6.45) is 1.38. The van der Waals surface area contributed by atoms with E-state index < -0.39 is 0 Å². The second-order valence-electron chi connectivity index (χ2n) is 5.06. The van der Waals surface area contributed by atoms with Gasteiger partial charge in [0.25, 0.3) is 0 Å². The molecular weight excluding hydrogens is 280 g/mol. The standard InChI is InChI=1S/C18H16O4/c1-21-18-15(19)10-9-14-16(20)11-13(22-17(14)18)8-7-12-5-3-2-4-6-12/h2-6,9-11,19H,7-8H2,1H3. The van der Waals surface area contributed by atoms with E-state index in [2.05, 4.69) is 0 Å². The van der Waals surface area contributed by atoms with Crippen molar-refractivity contribution in [3.63, 3.8) is 0 Å². The van der Waals surface area contributed by atoms with Crippen molar-refractivity contribution in [1.29, 1.82) is 0 Å². The van der Waals surface area contributed by atoms with Crippen LogP contribution in [0.25, 0.3) is 11.0 Å². The van der Waals surface area contributed by atoms with Gasteiger partial charge in [0.2, 0.25) is 5.75 Å². The van der Waals surface area contributed by atoms with Crippen LogP contribution in [-0.2, 0) is 12.8 Å². The van der Waals surface area contributed by atoms with Crippen LogP contribution < -0.4 is 10.2 Å². The Labute approximate surface area is 127 Å². The molecule has 22 heavy (non-hydrogen) atoms. The number of rotatable bonds is 4. The summed E-state index contributed by atoms with van der Waals surface area (Å²) < 4.78 is 10.9. The molecule has 4 heteroatoms. The minimum absolute atomic E-state index is 0.0432. The maximum Gasteiger partial charge on any atom is 0.204 e. The molecule has 0 amide bonds. The summed E-state index contributed by atoms with van der Waals surface area (Å²) in [5, 5.41) is 10.2. The van der Waals surface area contributed by atoms with Crippen LogP contribution in [0.4, 0.5) is 0 Å². The van der Waals surface area contributed by atoms with Crippen LogP contribution in [0.5, 0.6) is 11.5 Å². The van der Waals surface area contributed by atoms with E-state index in [4.69, 9.17) is 9.15 Å². The Hall–Kier alpha value is -2.75. The summed E-state index contributed by atoms with van der Waals surface area (Å²) in [7, 11) is 1.44. The Bertz CT molecular complexity index is 850. The van der Waals surface area contributed by atoms with Crippen LogP contribution >= 0.6 is 0 Å². The zero-order valence-corrected chi connectivity index (χ0v) is 12.2. The SMILES string of the molecule is COc1c(O)ccc2c(=O)cc(CCc3ccccc3)oc12. The number of ether oxygens (including phenoxy) is 1. The van der Waals surface area contributed by atoms with E-state index in [0.717, 1.165) is 6.42 Å². The second kappa shape index (κ2) is 5.93. The van der Waals surface area contributed by atoms with Crippen molar-refractivity contribution in [3.8, 4) is 11.5 Å². The van der Waals surface area contributed by atoms with Gasteiger partial charge in [-0.05, 0) is 24.1 Å². The minimum Gasteiger partial charge on any atom is -0.504 e. The van der Waals surface area contributed by atoms with Gasteiger partial charge < -0.3 is 14.3 Å². The first kappa shape index (κ1) is 14.2. The van der Waals surface area contributed by atoms with Gasteiger partial charge in [-0.25, -0.2) is 0 Å². The molecule has 1 heterocycles. The predicted octanol–water partition coefficient (Wildman–Crippen LogP) is 3.29. The third kappa shape index (κ3) is 2.68. The van der Waals surface area contributed by atoms with Gasteiger partial charge in [-0.3, -0.25) is 4.79 Å². The Morgan fingerprint density at radius 1 is 1.09 bits per heavy atom. The number of hydrogen-bond donors (Lipinski definition) is 1. The fraction of sp³-hybridized carbons (Fsp3) is 0.167. The highest BCUT2D eigenvalue weighted by Crippen LogP contribution is 2.33. The Kier molecular flexibility index (Phi) is 3.83. The molecule has 112 valence electrons. The molecule has 0 aliphatic heterocycles. The highest BCUT2D eigenvalue weighted by atomic mass is 16.5. The zero-order valence-electron chi connectivity index (χ0n) is 12.2. The summed E-state index contributed by atoms with van der Waals surface area (Å²) >= 11 is 0. The van der Waals surface area contributed by atoms with Gasteiger partial charge in [0.15, 0.2) is 16.8 Å². The molecule has 4 nitrogen and oxygen atoms in total. The van der Waals surface area contributed by atoms with Crippen molar-refractivity contribution in [2.24, 2.45) is 0 Å². The molecular formula is C18H16O4. The van der Waals surface area contributed by atoms with Crippen molar-refractivity contribution < 1.29 is 14.3 Å². The van der Waals surface area contributed by atoms with Gasteiger partial charge in [-0.2, -0.15) is 0 Å². The molecule has 0 saturated carbocycles. The van der Waals surface area contributed by atoms with Crippen LogP contribution in [0.1, 0.15) is 11.3 Å². The van der Waals surface area contributed by atoms with Crippen molar-refractivity contribution >= 4 is 11.0 Å². The normalized spacial score (nSPS) is 10.8. The molecule has 3 aromatic rings. The van der Waals surface area contributed by atoms with Crippen molar-refractivity contribution in [3.05, 3.63) is 70.1 Å². The summed E-state index contributed by atoms with van der Waals surface area (Å²) in [5.41, 5.74) is 1.33. The van der Waals surface area contributed by atoms with Gasteiger partial charge in [0.05, 0.1) is 12.5 Å². The molecule has 0 radical (unpaired) electrons. The van der Waals surface area contributed by atoms with E-state index in [1.54, 1.807) is 6.07 Å². The smallest absolute Gasteiger partial charge is 0.204 e. The molecule has 0 atom stereocenters. The molecule has 3 rings (SSSR count). The largest absolute Gasteiger partial charge is 0.504 e. The van der Waals surface area contributed by atoms with Crippen molar-refractivity contribution in [2.45, 2.75) is 12.8 Å². The third-order valence-corrected chi connectivity index (χ3v) is 3.59. The highest BCUT2D eigenvalue weighted by Gasteiger charge is 2.13. The van der Waals surface area contributed by atoms with E-state index in [1.165, 1.54) is 24.8 Å². The fourth-order valence-electron chi connectivity index (χ4n) is 2.46. The number of methoxy groups -OCH3 is 1. The molecule has 0 saturated heterocycles. The van der Waals surface area contributed by atoms with E-state index >= 15 is 0 Å². The quantitative estimate of drug-likeness (QED) is 0.802. The molecule has 0 aliphatic carbocycles. The minimum atomic E-state index is -0.136. The average molecular weight is 296 g/mol. The first-order chi connectivity index (χ1) is 10.7. The van der Waals surface area contributed by atoms with E-state index in [1.807, 2.05) is 30.3 Å². The van der Waals surface area contributed by atoms with E-state index in [-0.39, 0.29) is 22.5 Å². The van der Waals surface area contributed by atoms with Crippen LogP contribution in [0.2, 0.25) is 0 Å². The van der Waals surface area contributed by atoms with Gasteiger partial charge in [0.1, 0.15) is 5.76 Å². The van der Waals surface area contributed by atoms with Crippen molar-refractivity contribution in [1.82, 2.24) is 0 Å². The number of hydrogen-bond acceptors (Lipinski definition) is 4. The lowest BCUT2D eigenvalue weighted by molar-refractivity contribution is 0.368. The number of benzene rings is 2. The second-order valence-corrected chi connectivity index (χ2v) is 5.06. The van der Waals surface area contributed by atoms with Gasteiger partial charge >= 0.3 is 0 Å². The maximum absolute atomic E-state index is 12.2. The molecule has 1 aromatic heterocycles. The summed E-state index contributed by atoms with van der Waals surface area (Å²) in [5.74, 6) is 0.722. The monoisotopic (exact) mass is 296 g/mol. The molecule has 1 N–H and O–H groups in total. The van der Waals surface area contributed by atoms with Gasteiger partial charge in [0, 0.05) is 12.5 Å². The third-order valence-electron chi connectivity index (χ3n) is 3.59. The average Bonchev–Trinajstić information content (AvgIpc) is 2.54. The molecule has 0 spiro atoms. The predicted molar refractivity (Wildman–Crippen MR) is 84.6 cm³/mol. The first-order valence-electron chi connectivity index (χ1n) is 7.05. The molecule has 2 aromatic carbocycles. The van der Waals surface area contributed by atoms with E-state index in [9.17, 15) is 9.90 Å². The Balaban J connectivity index is 1.99.